The van der Waals surface area contributed by atoms with Crippen LogP contribution >= 0.6 is 0 Å². The first-order valence-corrected chi connectivity index (χ1v) is 5.97. The summed E-state index contributed by atoms with van der Waals surface area (Å²) in [5, 5.41) is 0.963. The summed E-state index contributed by atoms with van der Waals surface area (Å²) in [5.74, 6) is 0.0720. The Labute approximate surface area is 101 Å². The highest BCUT2D eigenvalue weighted by Crippen LogP contribution is 2.29. The molecule has 90 valence electrons. The minimum Gasteiger partial charge on any atom is -0.366 e. The van der Waals surface area contributed by atoms with E-state index in [9.17, 15) is 4.79 Å². The topological polar surface area (TPSA) is 48.0 Å². The maximum Gasteiger partial charge on any atom is 0.250 e. The lowest BCUT2D eigenvalue weighted by atomic mass is 9.99. The van der Waals surface area contributed by atoms with Crippen molar-refractivity contribution in [2.75, 3.05) is 0 Å². The Morgan fingerprint density at radius 1 is 1.41 bits per heavy atom. The van der Waals surface area contributed by atoms with E-state index in [1.54, 1.807) is 0 Å². The molecule has 0 aliphatic rings. The summed E-state index contributed by atoms with van der Waals surface area (Å²) in [6, 6.07) is 6.07. The van der Waals surface area contributed by atoms with Gasteiger partial charge < -0.3 is 10.3 Å². The molecular weight excluding hydrogens is 212 g/mol. The number of primary amides is 1. The van der Waals surface area contributed by atoms with E-state index >= 15 is 0 Å². The molecule has 0 unspecified atom stereocenters. The molecule has 1 aromatic carbocycles. The molecule has 1 amide bonds. The van der Waals surface area contributed by atoms with Crippen LogP contribution in [0.4, 0.5) is 0 Å². The molecule has 0 fully saturated rings. The highest BCUT2D eigenvalue weighted by atomic mass is 16.1. The molecule has 0 aliphatic carbocycles. The summed E-state index contributed by atoms with van der Waals surface area (Å²) in [5.41, 5.74) is 8.44. The summed E-state index contributed by atoms with van der Waals surface area (Å²) in [7, 11) is 0. The second-order valence-electron chi connectivity index (χ2n) is 4.59. The van der Waals surface area contributed by atoms with Gasteiger partial charge in [-0.15, -0.1) is 0 Å². The number of benzene rings is 1. The average Bonchev–Trinajstić information content (AvgIpc) is 2.67. The number of carbonyl (C=O) groups excluding carboxylic acids is 1. The monoisotopic (exact) mass is 230 g/mol. The number of amides is 1. The highest BCUT2D eigenvalue weighted by molar-refractivity contribution is 6.07. The van der Waals surface area contributed by atoms with Crippen LogP contribution in [0.15, 0.2) is 24.4 Å². The number of para-hydroxylation sites is 1. The summed E-state index contributed by atoms with van der Waals surface area (Å²) >= 11 is 0. The molecule has 0 bridgehead atoms. The molecule has 2 N–H and O–H groups in total. The van der Waals surface area contributed by atoms with Gasteiger partial charge in [-0.1, -0.05) is 32.0 Å². The molecule has 17 heavy (non-hydrogen) atoms. The minimum absolute atomic E-state index is 0.358. The Morgan fingerprint density at radius 3 is 2.65 bits per heavy atom. The maximum absolute atomic E-state index is 11.4. The van der Waals surface area contributed by atoms with Crippen molar-refractivity contribution in [3.05, 3.63) is 35.5 Å². The third kappa shape index (κ3) is 1.82. The smallest absolute Gasteiger partial charge is 0.250 e. The Morgan fingerprint density at radius 2 is 2.12 bits per heavy atom. The molecule has 1 heterocycles. The number of hydrogen-bond donors (Lipinski definition) is 1. The van der Waals surface area contributed by atoms with E-state index in [-0.39, 0.29) is 5.91 Å². The number of aryl methyl sites for hydroxylation is 1. The van der Waals surface area contributed by atoms with Crippen molar-refractivity contribution < 1.29 is 4.79 Å². The molecular formula is C14H18N2O. The first-order valence-electron chi connectivity index (χ1n) is 5.97. The molecule has 0 aliphatic heterocycles. The number of aromatic nitrogens is 1. The number of nitrogens with zero attached hydrogens (tertiary/aromatic N) is 1. The molecule has 0 radical (unpaired) electrons. The molecule has 2 aromatic rings. The summed E-state index contributed by atoms with van der Waals surface area (Å²) in [4.78, 5) is 11.4. The highest BCUT2D eigenvalue weighted by Gasteiger charge is 2.15. The standard InChI is InChI=1S/C14H18N2O/c1-4-16-8-12(14(15)17)11-7-5-6-10(9(2)3)13(11)16/h5-9H,4H2,1-3H3,(H2,15,17). The Balaban J connectivity index is 2.84. The van der Waals surface area contributed by atoms with Gasteiger partial charge in [-0.2, -0.15) is 0 Å². The van der Waals surface area contributed by atoms with Gasteiger partial charge in [0.1, 0.15) is 0 Å². The fourth-order valence-electron chi connectivity index (χ4n) is 2.30. The van der Waals surface area contributed by atoms with Crippen molar-refractivity contribution in [1.29, 1.82) is 0 Å². The van der Waals surface area contributed by atoms with Crippen molar-refractivity contribution in [3.8, 4) is 0 Å². The zero-order valence-corrected chi connectivity index (χ0v) is 10.5. The second-order valence-corrected chi connectivity index (χ2v) is 4.59. The minimum atomic E-state index is -0.358. The lowest BCUT2D eigenvalue weighted by Gasteiger charge is -2.10. The Hall–Kier alpha value is -1.77. The fraction of sp³-hybridized carbons (Fsp3) is 0.357. The number of carbonyl (C=O) groups is 1. The van der Waals surface area contributed by atoms with Crippen LogP contribution in [-0.4, -0.2) is 10.5 Å². The van der Waals surface area contributed by atoms with Gasteiger partial charge in [0.15, 0.2) is 0 Å². The van der Waals surface area contributed by atoms with Crippen molar-refractivity contribution in [2.45, 2.75) is 33.2 Å². The molecule has 2 rings (SSSR count). The lowest BCUT2D eigenvalue weighted by molar-refractivity contribution is 0.100. The zero-order chi connectivity index (χ0) is 12.6. The molecule has 3 nitrogen and oxygen atoms in total. The first-order chi connectivity index (χ1) is 8.06. The zero-order valence-electron chi connectivity index (χ0n) is 10.5. The fourth-order valence-corrected chi connectivity index (χ4v) is 2.30. The van der Waals surface area contributed by atoms with Crippen LogP contribution < -0.4 is 5.73 Å². The third-order valence-electron chi connectivity index (χ3n) is 3.16. The second kappa shape index (κ2) is 4.24. The summed E-state index contributed by atoms with van der Waals surface area (Å²) in [6.45, 7) is 7.23. The summed E-state index contributed by atoms with van der Waals surface area (Å²) in [6.07, 6.45) is 1.86. The Kier molecular flexibility index (Phi) is 2.92. The van der Waals surface area contributed by atoms with Crippen LogP contribution in [0.2, 0.25) is 0 Å². The molecule has 0 atom stereocenters. The molecule has 0 spiro atoms. The van der Waals surface area contributed by atoms with Crippen molar-refractivity contribution >= 4 is 16.8 Å². The van der Waals surface area contributed by atoms with Gasteiger partial charge in [0.05, 0.1) is 11.1 Å². The van der Waals surface area contributed by atoms with Gasteiger partial charge in [-0.05, 0) is 18.4 Å². The van der Waals surface area contributed by atoms with Crippen LogP contribution in [-0.2, 0) is 6.54 Å². The molecule has 1 aromatic heterocycles. The predicted molar refractivity (Wildman–Crippen MR) is 70.2 cm³/mol. The molecule has 0 saturated heterocycles. The van der Waals surface area contributed by atoms with E-state index in [2.05, 4.69) is 31.4 Å². The van der Waals surface area contributed by atoms with Crippen LogP contribution in [0.5, 0.6) is 0 Å². The van der Waals surface area contributed by atoms with Crippen LogP contribution in [0, 0.1) is 0 Å². The molecule has 3 heteroatoms. The van der Waals surface area contributed by atoms with Crippen LogP contribution in [0.1, 0.15) is 42.6 Å². The van der Waals surface area contributed by atoms with Gasteiger partial charge in [0, 0.05) is 18.1 Å². The van der Waals surface area contributed by atoms with Crippen LogP contribution in [0.25, 0.3) is 10.9 Å². The number of fused-ring (bicyclic) bond motifs is 1. The number of hydrogen-bond acceptors (Lipinski definition) is 1. The van der Waals surface area contributed by atoms with E-state index in [0.717, 1.165) is 17.4 Å². The van der Waals surface area contributed by atoms with E-state index in [1.807, 2.05) is 18.3 Å². The van der Waals surface area contributed by atoms with Crippen molar-refractivity contribution in [1.82, 2.24) is 4.57 Å². The van der Waals surface area contributed by atoms with Gasteiger partial charge >= 0.3 is 0 Å². The largest absolute Gasteiger partial charge is 0.366 e. The van der Waals surface area contributed by atoms with E-state index < -0.39 is 0 Å². The van der Waals surface area contributed by atoms with Gasteiger partial charge in [0.2, 0.25) is 0 Å². The van der Waals surface area contributed by atoms with Crippen molar-refractivity contribution in [3.63, 3.8) is 0 Å². The quantitative estimate of drug-likeness (QED) is 0.866. The third-order valence-corrected chi connectivity index (χ3v) is 3.16. The van der Waals surface area contributed by atoms with Crippen LogP contribution in [0.3, 0.4) is 0 Å². The first kappa shape index (κ1) is 11.7. The number of nitrogens with two attached hydrogens (primary N) is 1. The van der Waals surface area contributed by atoms with E-state index in [1.165, 1.54) is 5.56 Å². The maximum atomic E-state index is 11.4. The normalized spacial score (nSPS) is 11.3. The Bertz CT molecular complexity index is 567. The van der Waals surface area contributed by atoms with Crippen molar-refractivity contribution in [2.24, 2.45) is 5.73 Å². The average molecular weight is 230 g/mol. The number of rotatable bonds is 3. The predicted octanol–water partition coefficient (Wildman–Crippen LogP) is 2.88. The van der Waals surface area contributed by atoms with Gasteiger partial charge in [0.25, 0.3) is 5.91 Å². The lowest BCUT2D eigenvalue weighted by Crippen LogP contribution is -2.10. The van der Waals surface area contributed by atoms with Gasteiger partial charge in [-0.3, -0.25) is 4.79 Å². The van der Waals surface area contributed by atoms with E-state index in [0.29, 0.717) is 11.5 Å². The summed E-state index contributed by atoms with van der Waals surface area (Å²) < 4.78 is 2.10. The van der Waals surface area contributed by atoms with Gasteiger partial charge in [-0.25, -0.2) is 0 Å². The SMILES string of the molecule is CCn1cc(C(N)=O)c2cccc(C(C)C)c21. The molecule has 0 saturated carbocycles. The van der Waals surface area contributed by atoms with E-state index in [4.69, 9.17) is 5.73 Å².